The summed E-state index contributed by atoms with van der Waals surface area (Å²) in [4.78, 5) is 10.8. The highest BCUT2D eigenvalue weighted by Gasteiger charge is 2.48. The standard InChI is InChI=1S/C11H8ClF3N2O2/c12-8-3-1-7(2-4-8)10(19)5-9(11(13,14)15)16-17(10)6-18/h1-6,16,19H. The fourth-order valence-electron chi connectivity index (χ4n) is 1.69. The van der Waals surface area contributed by atoms with Crippen LogP contribution in [0.5, 0.6) is 0 Å². The zero-order chi connectivity index (χ0) is 14.3. The summed E-state index contributed by atoms with van der Waals surface area (Å²) in [5.41, 5.74) is -1.54. The first-order chi connectivity index (χ1) is 8.77. The highest BCUT2D eigenvalue weighted by molar-refractivity contribution is 6.30. The number of aliphatic hydroxyl groups is 1. The lowest BCUT2D eigenvalue weighted by atomic mass is 10.0. The van der Waals surface area contributed by atoms with Crippen molar-refractivity contribution < 1.29 is 23.1 Å². The lowest BCUT2D eigenvalue weighted by molar-refractivity contribution is -0.144. The Balaban J connectivity index is 2.47. The van der Waals surface area contributed by atoms with E-state index in [-0.39, 0.29) is 12.0 Å². The summed E-state index contributed by atoms with van der Waals surface area (Å²) >= 11 is 5.66. The molecule has 1 unspecified atom stereocenters. The molecule has 0 saturated heterocycles. The summed E-state index contributed by atoms with van der Waals surface area (Å²) in [5.74, 6) is 0. The molecule has 2 rings (SSSR count). The van der Waals surface area contributed by atoms with Crippen LogP contribution < -0.4 is 5.43 Å². The van der Waals surface area contributed by atoms with Gasteiger partial charge in [0.05, 0.1) is 0 Å². The summed E-state index contributed by atoms with van der Waals surface area (Å²) < 4.78 is 37.8. The molecular formula is C11H8ClF3N2O2. The molecule has 1 atom stereocenters. The van der Waals surface area contributed by atoms with Gasteiger partial charge < -0.3 is 5.11 Å². The molecule has 0 bridgehead atoms. The number of allylic oxidation sites excluding steroid dienone is 1. The van der Waals surface area contributed by atoms with Crippen LogP contribution in [-0.2, 0) is 10.5 Å². The van der Waals surface area contributed by atoms with Gasteiger partial charge in [-0.05, 0) is 12.1 Å². The smallest absolute Gasteiger partial charge is 0.362 e. The zero-order valence-corrected chi connectivity index (χ0v) is 10.0. The van der Waals surface area contributed by atoms with Gasteiger partial charge in [0, 0.05) is 16.7 Å². The summed E-state index contributed by atoms with van der Waals surface area (Å²) in [5, 5.41) is 11.0. The number of hydrogen-bond acceptors (Lipinski definition) is 3. The quantitative estimate of drug-likeness (QED) is 0.819. The second-order valence-corrected chi connectivity index (χ2v) is 4.31. The fourth-order valence-corrected chi connectivity index (χ4v) is 1.81. The van der Waals surface area contributed by atoms with Gasteiger partial charge >= 0.3 is 6.18 Å². The number of carbonyl (C=O) groups excluding carboxylic acids is 1. The van der Waals surface area contributed by atoms with Gasteiger partial charge in [-0.15, -0.1) is 0 Å². The molecule has 102 valence electrons. The van der Waals surface area contributed by atoms with Crippen LogP contribution in [0.4, 0.5) is 13.2 Å². The van der Waals surface area contributed by atoms with E-state index in [1.54, 1.807) is 5.43 Å². The molecule has 0 aromatic heterocycles. The van der Waals surface area contributed by atoms with Crippen molar-refractivity contribution in [3.05, 3.63) is 46.6 Å². The third-order valence-electron chi connectivity index (χ3n) is 2.63. The minimum Gasteiger partial charge on any atom is -0.362 e. The number of halogens is 4. The van der Waals surface area contributed by atoms with Gasteiger partial charge in [0.1, 0.15) is 5.70 Å². The van der Waals surface area contributed by atoms with E-state index >= 15 is 0 Å². The Kier molecular flexibility index (Phi) is 3.19. The van der Waals surface area contributed by atoms with Gasteiger partial charge in [-0.3, -0.25) is 10.2 Å². The highest BCUT2D eigenvalue weighted by atomic mass is 35.5. The zero-order valence-electron chi connectivity index (χ0n) is 9.28. The summed E-state index contributed by atoms with van der Waals surface area (Å²) in [6, 6.07) is 5.46. The predicted octanol–water partition coefficient (Wildman–Crippen LogP) is 1.91. The van der Waals surface area contributed by atoms with Crippen LogP contribution in [0.1, 0.15) is 5.56 Å². The number of amides is 1. The van der Waals surface area contributed by atoms with Crippen molar-refractivity contribution in [1.82, 2.24) is 10.4 Å². The van der Waals surface area contributed by atoms with Crippen molar-refractivity contribution in [1.29, 1.82) is 0 Å². The average molecular weight is 293 g/mol. The number of nitrogens with zero attached hydrogens (tertiary/aromatic N) is 1. The highest BCUT2D eigenvalue weighted by Crippen LogP contribution is 2.37. The van der Waals surface area contributed by atoms with E-state index in [1.807, 2.05) is 0 Å². The van der Waals surface area contributed by atoms with Crippen LogP contribution in [0.2, 0.25) is 5.02 Å². The van der Waals surface area contributed by atoms with Crippen LogP contribution in [0, 0.1) is 0 Å². The Morgan fingerprint density at radius 2 is 1.89 bits per heavy atom. The molecule has 0 fully saturated rings. The van der Waals surface area contributed by atoms with Crippen molar-refractivity contribution in [2.45, 2.75) is 11.9 Å². The first kappa shape index (κ1) is 13.7. The van der Waals surface area contributed by atoms with E-state index in [2.05, 4.69) is 0 Å². The molecule has 0 saturated carbocycles. The second kappa shape index (κ2) is 4.43. The van der Waals surface area contributed by atoms with Crippen molar-refractivity contribution in [3.8, 4) is 0 Å². The molecule has 1 aromatic rings. The van der Waals surface area contributed by atoms with Crippen LogP contribution >= 0.6 is 11.6 Å². The molecule has 1 heterocycles. The molecule has 0 aliphatic carbocycles. The predicted molar refractivity (Wildman–Crippen MR) is 60.5 cm³/mol. The average Bonchev–Trinajstić information content (AvgIpc) is 2.68. The van der Waals surface area contributed by atoms with Crippen molar-refractivity contribution in [3.63, 3.8) is 0 Å². The van der Waals surface area contributed by atoms with Gasteiger partial charge in [0.2, 0.25) is 12.1 Å². The van der Waals surface area contributed by atoms with E-state index < -0.39 is 17.6 Å². The summed E-state index contributed by atoms with van der Waals surface area (Å²) in [6.07, 6.45) is -4.09. The number of rotatable bonds is 2. The Bertz CT molecular complexity index is 530. The summed E-state index contributed by atoms with van der Waals surface area (Å²) in [7, 11) is 0. The normalized spacial score (nSPS) is 23.0. The lowest BCUT2D eigenvalue weighted by Crippen LogP contribution is -2.46. The molecule has 1 aromatic carbocycles. The molecular weight excluding hydrogens is 285 g/mol. The minimum atomic E-state index is -4.70. The molecule has 0 spiro atoms. The number of hydrazine groups is 1. The van der Waals surface area contributed by atoms with Gasteiger partial charge in [-0.25, -0.2) is 5.01 Å². The maximum Gasteiger partial charge on any atom is 0.432 e. The van der Waals surface area contributed by atoms with Crippen molar-refractivity contribution >= 4 is 18.0 Å². The molecule has 0 radical (unpaired) electrons. The minimum absolute atomic E-state index is 0.0733. The number of benzene rings is 1. The molecule has 4 nitrogen and oxygen atoms in total. The fraction of sp³-hybridized carbons (Fsp3) is 0.182. The van der Waals surface area contributed by atoms with E-state index in [9.17, 15) is 23.1 Å². The molecule has 1 aliphatic heterocycles. The topological polar surface area (TPSA) is 52.6 Å². The van der Waals surface area contributed by atoms with Gasteiger partial charge in [-0.2, -0.15) is 13.2 Å². The summed E-state index contributed by atoms with van der Waals surface area (Å²) in [6.45, 7) is 0. The number of carbonyl (C=O) groups is 1. The number of alkyl halides is 3. The first-order valence-electron chi connectivity index (χ1n) is 5.07. The molecule has 8 heteroatoms. The monoisotopic (exact) mass is 292 g/mol. The second-order valence-electron chi connectivity index (χ2n) is 3.88. The van der Waals surface area contributed by atoms with E-state index in [4.69, 9.17) is 11.6 Å². The van der Waals surface area contributed by atoms with Crippen LogP contribution in [0.3, 0.4) is 0 Å². The Morgan fingerprint density at radius 3 is 2.37 bits per heavy atom. The van der Waals surface area contributed by atoms with Gasteiger partial charge in [-0.1, -0.05) is 23.7 Å². The third kappa shape index (κ3) is 2.39. The van der Waals surface area contributed by atoms with Crippen LogP contribution in [-0.4, -0.2) is 22.7 Å². The molecule has 1 amide bonds. The van der Waals surface area contributed by atoms with E-state index in [1.165, 1.54) is 24.3 Å². The molecule has 2 N–H and O–H groups in total. The first-order valence-corrected chi connectivity index (χ1v) is 5.45. The third-order valence-corrected chi connectivity index (χ3v) is 2.89. The van der Waals surface area contributed by atoms with Gasteiger partial charge in [0.25, 0.3) is 0 Å². The van der Waals surface area contributed by atoms with Crippen LogP contribution in [0.25, 0.3) is 0 Å². The molecule has 1 aliphatic rings. The lowest BCUT2D eigenvalue weighted by Gasteiger charge is -2.29. The molecule has 19 heavy (non-hydrogen) atoms. The number of nitrogens with one attached hydrogen (secondary N) is 1. The van der Waals surface area contributed by atoms with Crippen molar-refractivity contribution in [2.75, 3.05) is 0 Å². The Morgan fingerprint density at radius 1 is 1.32 bits per heavy atom. The maximum absolute atomic E-state index is 12.6. The Labute approximate surface area is 111 Å². The van der Waals surface area contributed by atoms with Crippen molar-refractivity contribution in [2.24, 2.45) is 0 Å². The maximum atomic E-state index is 12.6. The Hall–Kier alpha value is -1.73. The SMILES string of the molecule is O=CN1NC(C(F)(F)F)=CC1(O)c1ccc(Cl)cc1. The van der Waals surface area contributed by atoms with E-state index in [0.717, 1.165) is 0 Å². The number of hydrogen-bond donors (Lipinski definition) is 2. The van der Waals surface area contributed by atoms with Crippen LogP contribution in [0.15, 0.2) is 36.0 Å². The van der Waals surface area contributed by atoms with Gasteiger partial charge in [0.15, 0.2) is 0 Å². The largest absolute Gasteiger partial charge is 0.432 e. The van der Waals surface area contributed by atoms with E-state index in [0.29, 0.717) is 16.1 Å².